The van der Waals surface area contributed by atoms with Crippen LogP contribution in [0.5, 0.6) is 5.75 Å². The van der Waals surface area contributed by atoms with E-state index in [-0.39, 0.29) is 5.60 Å². The van der Waals surface area contributed by atoms with Crippen molar-refractivity contribution in [3.8, 4) is 5.75 Å². The van der Waals surface area contributed by atoms with Crippen LogP contribution in [0, 0.1) is 0 Å². The minimum absolute atomic E-state index is 0.254. The van der Waals surface area contributed by atoms with Crippen molar-refractivity contribution >= 4 is 29.1 Å². The minimum atomic E-state index is -0.459. The van der Waals surface area contributed by atoms with Gasteiger partial charge in [0, 0.05) is 29.7 Å². The zero-order chi connectivity index (χ0) is 16.0. The molecule has 1 aromatic carbocycles. The second-order valence-electron chi connectivity index (χ2n) is 6.05. The zero-order valence-corrected chi connectivity index (χ0v) is 13.6. The van der Waals surface area contributed by atoms with Crippen molar-refractivity contribution in [3.05, 3.63) is 34.2 Å². The number of carbonyl (C=O) groups excluding carboxylic acids is 2. The van der Waals surface area contributed by atoms with Crippen molar-refractivity contribution in [1.82, 2.24) is 5.32 Å². The van der Waals surface area contributed by atoms with Crippen molar-refractivity contribution < 1.29 is 19.1 Å². The molecule has 2 aliphatic heterocycles. The largest absolute Gasteiger partial charge is 0.497 e. The number of allylic oxidation sites excluding steroid dienone is 1. The fourth-order valence-electron chi connectivity index (χ4n) is 3.30. The van der Waals surface area contributed by atoms with E-state index in [4.69, 9.17) is 9.47 Å². The van der Waals surface area contributed by atoms with Crippen LogP contribution >= 0.6 is 11.8 Å². The van der Waals surface area contributed by atoms with Crippen LogP contribution in [0.3, 0.4) is 0 Å². The van der Waals surface area contributed by atoms with Crippen molar-refractivity contribution in [2.45, 2.75) is 18.4 Å². The fraction of sp³-hybridized carbons (Fsp3) is 0.412. The highest BCUT2D eigenvalue weighted by Gasteiger charge is 2.45. The van der Waals surface area contributed by atoms with Crippen LogP contribution in [0.15, 0.2) is 23.1 Å². The Morgan fingerprint density at radius 1 is 1.17 bits per heavy atom. The first-order valence-corrected chi connectivity index (χ1v) is 8.66. The summed E-state index contributed by atoms with van der Waals surface area (Å²) in [5, 5.41) is 3.34. The molecule has 0 amide bonds. The van der Waals surface area contributed by atoms with Gasteiger partial charge in [0.2, 0.25) is 11.6 Å². The fourth-order valence-corrected chi connectivity index (χ4v) is 4.56. The summed E-state index contributed by atoms with van der Waals surface area (Å²) in [6, 6.07) is 5.14. The molecular formula is C17H17NO4S. The van der Waals surface area contributed by atoms with Gasteiger partial charge in [0.1, 0.15) is 22.0 Å². The summed E-state index contributed by atoms with van der Waals surface area (Å²) in [4.78, 5) is 25.2. The molecule has 0 saturated carbocycles. The van der Waals surface area contributed by atoms with Crippen LogP contribution in [-0.4, -0.2) is 43.1 Å². The van der Waals surface area contributed by atoms with Crippen LogP contribution in [-0.2, 0) is 9.53 Å². The Balaban J connectivity index is 1.82. The monoisotopic (exact) mass is 331 g/mol. The number of hydrogen-bond donors (Lipinski definition) is 1. The second-order valence-corrected chi connectivity index (χ2v) is 7.04. The molecule has 1 fully saturated rings. The summed E-state index contributed by atoms with van der Waals surface area (Å²) in [6.07, 6.45) is 1.80. The van der Waals surface area contributed by atoms with Crippen LogP contribution in [0.2, 0.25) is 0 Å². The maximum atomic E-state index is 12.4. The molecule has 1 saturated heterocycles. The number of ether oxygens (including phenoxy) is 2. The molecule has 0 aromatic heterocycles. The lowest BCUT2D eigenvalue weighted by atomic mass is 9.90. The van der Waals surface area contributed by atoms with Crippen molar-refractivity contribution in [1.29, 1.82) is 0 Å². The average molecular weight is 331 g/mol. The standard InChI is InChI=1S/C17H17NO4S/c1-21-10-2-3-11-12(8-10)15-16(14(20)13(11)19)23-9-17(22-15)4-6-18-7-5-17/h2-3,8,18H,4-7,9H2,1H3. The average Bonchev–Trinajstić information content (AvgIpc) is 2.60. The van der Waals surface area contributed by atoms with Gasteiger partial charge in [-0.05, 0) is 31.3 Å². The van der Waals surface area contributed by atoms with Crippen LogP contribution in [0.25, 0.3) is 5.76 Å². The normalized spacial score (nSPS) is 22.5. The smallest absolute Gasteiger partial charge is 0.243 e. The number of thioether (sulfide) groups is 1. The third-order valence-electron chi connectivity index (χ3n) is 4.65. The molecular weight excluding hydrogens is 314 g/mol. The van der Waals surface area contributed by atoms with Gasteiger partial charge in [-0.15, -0.1) is 11.8 Å². The van der Waals surface area contributed by atoms with E-state index in [0.29, 0.717) is 33.3 Å². The highest BCUT2D eigenvalue weighted by molar-refractivity contribution is 8.04. The van der Waals surface area contributed by atoms with Gasteiger partial charge in [0.15, 0.2) is 0 Å². The Labute approximate surface area is 138 Å². The van der Waals surface area contributed by atoms with Gasteiger partial charge >= 0.3 is 0 Å². The predicted octanol–water partition coefficient (Wildman–Crippen LogP) is 2.01. The van der Waals surface area contributed by atoms with Gasteiger partial charge in [0.25, 0.3) is 0 Å². The van der Waals surface area contributed by atoms with E-state index in [2.05, 4.69) is 5.32 Å². The molecule has 6 heteroatoms. The summed E-state index contributed by atoms with van der Waals surface area (Å²) in [7, 11) is 1.58. The van der Waals surface area contributed by atoms with Crippen LogP contribution < -0.4 is 10.1 Å². The molecule has 0 atom stereocenters. The van der Waals surface area contributed by atoms with E-state index in [1.165, 1.54) is 11.8 Å². The van der Waals surface area contributed by atoms with Gasteiger partial charge in [-0.3, -0.25) is 9.59 Å². The first-order chi connectivity index (χ1) is 11.1. The lowest BCUT2D eigenvalue weighted by molar-refractivity contribution is -0.111. The number of hydrogen-bond acceptors (Lipinski definition) is 6. The molecule has 1 aliphatic carbocycles. The molecule has 1 N–H and O–H groups in total. The highest BCUT2D eigenvalue weighted by Crippen LogP contribution is 2.47. The number of ketones is 2. The number of Topliss-reactive ketones (excluding diaryl/α,β-unsaturated/α-hetero) is 2. The van der Waals surface area contributed by atoms with Gasteiger partial charge in [0.05, 0.1) is 7.11 Å². The Kier molecular flexibility index (Phi) is 3.46. The molecule has 3 aliphatic rings. The van der Waals surface area contributed by atoms with E-state index in [1.54, 1.807) is 25.3 Å². The summed E-state index contributed by atoms with van der Waals surface area (Å²) in [5.74, 6) is 1.01. The molecule has 0 unspecified atom stereocenters. The Morgan fingerprint density at radius 3 is 2.70 bits per heavy atom. The van der Waals surface area contributed by atoms with Crippen molar-refractivity contribution in [3.63, 3.8) is 0 Å². The van der Waals surface area contributed by atoms with Crippen molar-refractivity contribution in [2.24, 2.45) is 0 Å². The number of methoxy groups -OCH3 is 1. The molecule has 0 bridgehead atoms. The molecule has 0 radical (unpaired) electrons. The first-order valence-electron chi connectivity index (χ1n) is 7.68. The molecule has 120 valence electrons. The maximum Gasteiger partial charge on any atom is 0.243 e. The number of nitrogens with one attached hydrogen (secondary N) is 1. The Morgan fingerprint density at radius 2 is 1.96 bits per heavy atom. The molecule has 1 aromatic rings. The zero-order valence-electron chi connectivity index (χ0n) is 12.8. The van der Waals surface area contributed by atoms with E-state index >= 15 is 0 Å². The van der Waals surface area contributed by atoms with Crippen LogP contribution in [0.1, 0.15) is 28.8 Å². The second kappa shape index (κ2) is 5.39. The van der Waals surface area contributed by atoms with Crippen LogP contribution in [0.4, 0.5) is 0 Å². The van der Waals surface area contributed by atoms with Gasteiger partial charge in [-0.25, -0.2) is 0 Å². The van der Waals surface area contributed by atoms with E-state index < -0.39 is 11.6 Å². The minimum Gasteiger partial charge on any atom is -0.497 e. The molecule has 4 rings (SSSR count). The Hall–Kier alpha value is -1.79. The van der Waals surface area contributed by atoms with Crippen molar-refractivity contribution in [2.75, 3.05) is 26.0 Å². The van der Waals surface area contributed by atoms with Gasteiger partial charge in [-0.1, -0.05) is 0 Å². The number of carbonyl (C=O) groups is 2. The number of piperidine rings is 1. The molecule has 2 heterocycles. The third-order valence-corrected chi connectivity index (χ3v) is 5.98. The summed E-state index contributed by atoms with van der Waals surface area (Å²) in [5.41, 5.74) is 0.825. The quantitative estimate of drug-likeness (QED) is 0.794. The lowest BCUT2D eigenvalue weighted by Crippen LogP contribution is -2.48. The van der Waals surface area contributed by atoms with E-state index in [0.717, 1.165) is 25.9 Å². The SMILES string of the molecule is COc1ccc2c(c1)C1=C(SCC3(CCNCC3)O1)C(=O)C2=O. The number of fused-ring (bicyclic) bond motifs is 2. The van der Waals surface area contributed by atoms with Gasteiger partial charge in [-0.2, -0.15) is 0 Å². The first kappa shape index (κ1) is 14.8. The summed E-state index contributed by atoms with van der Waals surface area (Å²) < 4.78 is 11.6. The molecule has 5 nitrogen and oxygen atoms in total. The molecule has 23 heavy (non-hydrogen) atoms. The highest BCUT2D eigenvalue weighted by atomic mass is 32.2. The number of rotatable bonds is 1. The Bertz CT molecular complexity index is 734. The lowest BCUT2D eigenvalue weighted by Gasteiger charge is -2.42. The maximum absolute atomic E-state index is 12.4. The third kappa shape index (κ3) is 2.28. The van der Waals surface area contributed by atoms with E-state index in [9.17, 15) is 9.59 Å². The summed E-state index contributed by atoms with van der Waals surface area (Å²) >= 11 is 1.46. The number of benzene rings is 1. The van der Waals surface area contributed by atoms with E-state index in [1.807, 2.05) is 0 Å². The topological polar surface area (TPSA) is 64.6 Å². The molecule has 1 spiro atoms. The predicted molar refractivity (Wildman–Crippen MR) is 87.6 cm³/mol. The summed E-state index contributed by atoms with van der Waals surface area (Å²) in [6.45, 7) is 1.81. The van der Waals surface area contributed by atoms with Gasteiger partial charge < -0.3 is 14.8 Å².